The molecule has 1 aliphatic rings. The number of nitrogens with zero attached hydrogens (tertiary/aromatic N) is 1. The van der Waals surface area contributed by atoms with Crippen molar-refractivity contribution < 1.29 is 9.53 Å². The van der Waals surface area contributed by atoms with Crippen LogP contribution in [0.5, 0.6) is 5.75 Å². The number of aryl methyl sites for hydroxylation is 1. The van der Waals surface area contributed by atoms with E-state index in [0.29, 0.717) is 6.54 Å². The molecule has 0 saturated carbocycles. The number of ether oxygens (including phenoxy) is 1. The molecule has 0 bridgehead atoms. The third-order valence-corrected chi connectivity index (χ3v) is 5.00. The number of carbonyl (C=O) groups excluding carboxylic acids is 1. The highest BCUT2D eigenvalue weighted by atomic mass is 16.5. The molecule has 1 unspecified atom stereocenters. The third-order valence-electron chi connectivity index (χ3n) is 5.00. The van der Waals surface area contributed by atoms with Gasteiger partial charge in [0.25, 0.3) is 0 Å². The Kier molecular flexibility index (Phi) is 6.22. The molecule has 1 atom stereocenters. The number of anilines is 1. The molecule has 5 heteroatoms. The molecule has 2 N–H and O–H groups in total. The lowest BCUT2D eigenvalue weighted by molar-refractivity contribution is 0.237. The number of nitrogens with one attached hydrogen (secondary N) is 2. The summed E-state index contributed by atoms with van der Waals surface area (Å²) in [5.41, 5.74) is 4.96. The Morgan fingerprint density at radius 2 is 2.07 bits per heavy atom. The number of amides is 2. The van der Waals surface area contributed by atoms with E-state index in [-0.39, 0.29) is 12.1 Å². The molecule has 0 saturated heterocycles. The highest BCUT2D eigenvalue weighted by molar-refractivity contribution is 5.74. The first-order chi connectivity index (χ1) is 13.0. The zero-order valence-corrected chi connectivity index (χ0v) is 16.4. The molecule has 2 aromatic rings. The minimum Gasteiger partial charge on any atom is -0.497 e. The van der Waals surface area contributed by atoms with Crippen molar-refractivity contribution in [1.82, 2.24) is 10.6 Å². The molecule has 1 aliphatic heterocycles. The van der Waals surface area contributed by atoms with Crippen LogP contribution in [0.1, 0.15) is 30.0 Å². The van der Waals surface area contributed by atoms with Crippen molar-refractivity contribution in [2.75, 3.05) is 25.6 Å². The van der Waals surface area contributed by atoms with Gasteiger partial charge in [0.15, 0.2) is 0 Å². The van der Waals surface area contributed by atoms with Gasteiger partial charge in [-0.3, -0.25) is 0 Å². The van der Waals surface area contributed by atoms with Gasteiger partial charge in [-0.05, 0) is 61.1 Å². The second-order valence-electron chi connectivity index (χ2n) is 7.27. The lowest BCUT2D eigenvalue weighted by Gasteiger charge is -2.27. The van der Waals surface area contributed by atoms with Crippen LogP contribution < -0.4 is 20.3 Å². The van der Waals surface area contributed by atoms with Gasteiger partial charge in [0.2, 0.25) is 0 Å². The fourth-order valence-electron chi connectivity index (χ4n) is 3.61. The van der Waals surface area contributed by atoms with Gasteiger partial charge in [-0.2, -0.15) is 0 Å². The zero-order valence-electron chi connectivity index (χ0n) is 16.4. The fourth-order valence-corrected chi connectivity index (χ4v) is 3.61. The van der Waals surface area contributed by atoms with Crippen molar-refractivity contribution in [3.05, 3.63) is 59.2 Å². The number of hydrogen-bond donors (Lipinski definition) is 2. The van der Waals surface area contributed by atoms with E-state index in [0.717, 1.165) is 36.3 Å². The smallest absolute Gasteiger partial charge is 0.315 e. The number of carbonyl (C=O) groups is 1. The van der Waals surface area contributed by atoms with Crippen molar-refractivity contribution in [1.29, 1.82) is 0 Å². The van der Waals surface area contributed by atoms with Crippen LogP contribution in [0.15, 0.2) is 42.5 Å². The molecule has 2 aromatic carbocycles. The molecular weight excluding hydrogens is 338 g/mol. The van der Waals surface area contributed by atoms with Crippen LogP contribution in [0.4, 0.5) is 10.5 Å². The Balaban J connectivity index is 1.49. The van der Waals surface area contributed by atoms with Crippen molar-refractivity contribution in [2.45, 2.75) is 38.8 Å². The average molecular weight is 367 g/mol. The number of urea groups is 1. The molecule has 27 heavy (non-hydrogen) atoms. The number of hydrogen-bond acceptors (Lipinski definition) is 3. The number of benzene rings is 2. The molecule has 144 valence electrons. The van der Waals surface area contributed by atoms with Crippen LogP contribution in [-0.2, 0) is 19.4 Å². The van der Waals surface area contributed by atoms with Gasteiger partial charge in [0, 0.05) is 31.9 Å². The van der Waals surface area contributed by atoms with Crippen molar-refractivity contribution in [3.63, 3.8) is 0 Å². The SMILES string of the molecule is COc1cccc(CC(C)NC(=O)NCc2ccc3c(c2)CCCN3C)c1. The molecule has 2 amide bonds. The van der Waals surface area contributed by atoms with Gasteiger partial charge < -0.3 is 20.3 Å². The van der Waals surface area contributed by atoms with Crippen molar-refractivity contribution in [2.24, 2.45) is 0 Å². The predicted molar refractivity (Wildman–Crippen MR) is 110 cm³/mol. The van der Waals surface area contributed by atoms with Gasteiger partial charge >= 0.3 is 6.03 Å². The van der Waals surface area contributed by atoms with Crippen LogP contribution in [-0.4, -0.2) is 32.8 Å². The summed E-state index contributed by atoms with van der Waals surface area (Å²) >= 11 is 0. The quantitative estimate of drug-likeness (QED) is 0.821. The summed E-state index contributed by atoms with van der Waals surface area (Å²) in [5, 5.41) is 5.97. The highest BCUT2D eigenvalue weighted by Crippen LogP contribution is 2.26. The molecule has 5 nitrogen and oxygen atoms in total. The molecule has 1 heterocycles. The van der Waals surface area contributed by atoms with E-state index in [1.165, 1.54) is 17.7 Å². The summed E-state index contributed by atoms with van der Waals surface area (Å²) in [6, 6.07) is 14.3. The maximum atomic E-state index is 12.2. The van der Waals surface area contributed by atoms with Gasteiger partial charge in [-0.25, -0.2) is 4.79 Å². The molecule has 0 aromatic heterocycles. The fraction of sp³-hybridized carbons (Fsp3) is 0.409. The lowest BCUT2D eigenvalue weighted by atomic mass is 9.99. The number of fused-ring (bicyclic) bond motifs is 1. The number of rotatable bonds is 6. The van der Waals surface area contributed by atoms with E-state index >= 15 is 0 Å². The summed E-state index contributed by atoms with van der Waals surface area (Å²) in [5.74, 6) is 0.835. The maximum absolute atomic E-state index is 12.2. The number of methoxy groups -OCH3 is 1. The van der Waals surface area contributed by atoms with Gasteiger partial charge in [-0.15, -0.1) is 0 Å². The third kappa shape index (κ3) is 5.16. The van der Waals surface area contributed by atoms with Crippen LogP contribution >= 0.6 is 0 Å². The first-order valence-corrected chi connectivity index (χ1v) is 9.55. The van der Waals surface area contributed by atoms with Crippen LogP contribution in [0.3, 0.4) is 0 Å². The lowest BCUT2D eigenvalue weighted by Crippen LogP contribution is -2.41. The first kappa shape index (κ1) is 19.1. The minimum absolute atomic E-state index is 0.0364. The summed E-state index contributed by atoms with van der Waals surface area (Å²) in [7, 11) is 3.79. The van der Waals surface area contributed by atoms with Crippen molar-refractivity contribution >= 4 is 11.7 Å². The minimum atomic E-state index is -0.139. The summed E-state index contributed by atoms with van der Waals surface area (Å²) in [6.07, 6.45) is 3.05. The van der Waals surface area contributed by atoms with Crippen LogP contribution in [0.2, 0.25) is 0 Å². The Morgan fingerprint density at radius 3 is 2.89 bits per heavy atom. The second-order valence-corrected chi connectivity index (χ2v) is 7.27. The van der Waals surface area contributed by atoms with E-state index in [1.807, 2.05) is 31.2 Å². The van der Waals surface area contributed by atoms with E-state index in [9.17, 15) is 4.79 Å². The first-order valence-electron chi connectivity index (χ1n) is 9.55. The molecule has 0 radical (unpaired) electrons. The Hall–Kier alpha value is -2.69. The van der Waals surface area contributed by atoms with Gasteiger partial charge in [-0.1, -0.05) is 24.3 Å². The molecule has 0 fully saturated rings. The average Bonchev–Trinajstić information content (AvgIpc) is 2.66. The summed E-state index contributed by atoms with van der Waals surface area (Å²) in [6.45, 7) is 3.65. The molecule has 3 rings (SSSR count). The predicted octanol–water partition coefficient (Wildman–Crippen LogP) is 3.51. The normalized spacial score (nSPS) is 14.3. The maximum Gasteiger partial charge on any atom is 0.315 e. The largest absolute Gasteiger partial charge is 0.497 e. The standard InChI is InChI=1S/C22H29N3O2/c1-16(12-17-6-4-8-20(14-17)27-3)24-22(26)23-15-18-9-10-21-19(13-18)7-5-11-25(21)2/h4,6,8-10,13-14,16H,5,7,11-12,15H2,1-3H3,(H2,23,24,26). The van der Waals surface area contributed by atoms with E-state index in [2.05, 4.69) is 40.8 Å². The molecule has 0 spiro atoms. The topological polar surface area (TPSA) is 53.6 Å². The Morgan fingerprint density at radius 1 is 1.22 bits per heavy atom. The van der Waals surface area contributed by atoms with Gasteiger partial charge in [0.1, 0.15) is 5.75 Å². The van der Waals surface area contributed by atoms with Crippen molar-refractivity contribution in [3.8, 4) is 5.75 Å². The molecule has 0 aliphatic carbocycles. The Bertz CT molecular complexity index is 791. The van der Waals surface area contributed by atoms with Crippen LogP contribution in [0.25, 0.3) is 0 Å². The van der Waals surface area contributed by atoms with Crippen LogP contribution in [0, 0.1) is 0 Å². The van der Waals surface area contributed by atoms with Gasteiger partial charge in [0.05, 0.1) is 7.11 Å². The van der Waals surface area contributed by atoms with E-state index in [4.69, 9.17) is 4.74 Å². The monoisotopic (exact) mass is 367 g/mol. The Labute approximate surface area is 161 Å². The summed E-state index contributed by atoms with van der Waals surface area (Å²) < 4.78 is 5.25. The summed E-state index contributed by atoms with van der Waals surface area (Å²) in [4.78, 5) is 14.5. The second kappa shape index (κ2) is 8.80. The zero-order chi connectivity index (χ0) is 19.2. The molecular formula is C22H29N3O2. The van der Waals surface area contributed by atoms with E-state index < -0.39 is 0 Å². The van der Waals surface area contributed by atoms with E-state index in [1.54, 1.807) is 7.11 Å². The highest BCUT2D eigenvalue weighted by Gasteiger charge is 2.14.